The molecule has 4 nitrogen and oxygen atoms in total. The van der Waals surface area contributed by atoms with Crippen LogP contribution >= 0.6 is 23.1 Å². The van der Waals surface area contributed by atoms with Crippen LogP contribution < -0.4 is 0 Å². The predicted molar refractivity (Wildman–Crippen MR) is 76.9 cm³/mol. The fourth-order valence-electron chi connectivity index (χ4n) is 1.51. The van der Waals surface area contributed by atoms with Crippen LogP contribution in [-0.4, -0.2) is 28.8 Å². The number of rotatable bonds is 5. The average Bonchev–Trinajstić information content (AvgIpc) is 2.84. The van der Waals surface area contributed by atoms with Crippen LogP contribution in [0.1, 0.15) is 20.9 Å². The number of hydrogen-bond acceptors (Lipinski definition) is 6. The number of ether oxygens (including phenoxy) is 1. The van der Waals surface area contributed by atoms with E-state index in [1.54, 1.807) is 29.1 Å². The summed E-state index contributed by atoms with van der Waals surface area (Å²) in [6, 6.07) is 3.55. The van der Waals surface area contributed by atoms with Crippen molar-refractivity contribution in [2.75, 3.05) is 12.9 Å². The first kappa shape index (κ1) is 14.0. The molecule has 2 heterocycles. The molecule has 0 fully saturated rings. The Morgan fingerprint density at radius 3 is 2.84 bits per heavy atom. The first-order valence-corrected chi connectivity index (χ1v) is 7.87. The molecule has 0 aliphatic carbocycles. The summed E-state index contributed by atoms with van der Waals surface area (Å²) in [7, 11) is 0. The van der Waals surface area contributed by atoms with Gasteiger partial charge in [-0.05, 0) is 25.3 Å². The summed E-state index contributed by atoms with van der Waals surface area (Å²) in [5.41, 5.74) is 3.29. The number of aryl methyl sites for hydroxylation is 1. The molecule has 0 radical (unpaired) electrons. The van der Waals surface area contributed by atoms with Crippen molar-refractivity contribution >= 4 is 29.1 Å². The standard InChI is InChI=1S/C13H14N2O2S2/c1-9-11(19-8-15-9)5-6-17-13(16)10-3-4-12(18-2)14-7-10/h3-4,7-8H,5-6H2,1-2H3. The number of pyridine rings is 1. The maximum absolute atomic E-state index is 11.8. The summed E-state index contributed by atoms with van der Waals surface area (Å²) in [5.74, 6) is -0.331. The topological polar surface area (TPSA) is 52.1 Å². The van der Waals surface area contributed by atoms with Crippen LogP contribution in [0.3, 0.4) is 0 Å². The molecular weight excluding hydrogens is 280 g/mol. The van der Waals surface area contributed by atoms with Gasteiger partial charge in [0.25, 0.3) is 0 Å². The van der Waals surface area contributed by atoms with Gasteiger partial charge in [0, 0.05) is 17.5 Å². The van der Waals surface area contributed by atoms with Crippen molar-refractivity contribution in [3.63, 3.8) is 0 Å². The Balaban J connectivity index is 1.85. The van der Waals surface area contributed by atoms with Gasteiger partial charge in [-0.15, -0.1) is 23.1 Å². The Morgan fingerprint density at radius 2 is 2.26 bits per heavy atom. The van der Waals surface area contributed by atoms with E-state index >= 15 is 0 Å². The third kappa shape index (κ3) is 3.78. The first-order chi connectivity index (χ1) is 9.20. The monoisotopic (exact) mass is 294 g/mol. The van der Waals surface area contributed by atoms with Gasteiger partial charge in [0.15, 0.2) is 0 Å². The van der Waals surface area contributed by atoms with Gasteiger partial charge in [-0.25, -0.2) is 14.8 Å². The van der Waals surface area contributed by atoms with Crippen molar-refractivity contribution in [2.45, 2.75) is 18.4 Å². The van der Waals surface area contributed by atoms with Gasteiger partial charge < -0.3 is 4.74 Å². The molecule has 2 aromatic heterocycles. The molecule has 0 aliphatic rings. The Kier molecular flexibility index (Phi) is 4.93. The molecule has 0 unspecified atom stereocenters. The zero-order chi connectivity index (χ0) is 13.7. The smallest absolute Gasteiger partial charge is 0.339 e. The summed E-state index contributed by atoms with van der Waals surface area (Å²) < 4.78 is 5.22. The minimum absolute atomic E-state index is 0.331. The zero-order valence-corrected chi connectivity index (χ0v) is 12.4. The molecule has 0 atom stereocenters. The van der Waals surface area contributed by atoms with E-state index in [1.807, 2.05) is 19.2 Å². The number of hydrogen-bond donors (Lipinski definition) is 0. The molecule has 0 aliphatic heterocycles. The van der Waals surface area contributed by atoms with E-state index in [4.69, 9.17) is 4.74 Å². The first-order valence-electron chi connectivity index (χ1n) is 5.77. The average molecular weight is 294 g/mol. The minimum atomic E-state index is -0.331. The van der Waals surface area contributed by atoms with E-state index in [9.17, 15) is 4.79 Å². The molecular formula is C13H14N2O2S2. The van der Waals surface area contributed by atoms with Crippen LogP contribution in [0.15, 0.2) is 28.9 Å². The van der Waals surface area contributed by atoms with Gasteiger partial charge >= 0.3 is 5.97 Å². The predicted octanol–water partition coefficient (Wildman–Crippen LogP) is 2.97. The molecule has 2 aromatic rings. The number of aromatic nitrogens is 2. The van der Waals surface area contributed by atoms with Crippen LogP contribution in [0.2, 0.25) is 0 Å². The Morgan fingerprint density at radius 1 is 1.42 bits per heavy atom. The van der Waals surface area contributed by atoms with Crippen LogP contribution in [0.4, 0.5) is 0 Å². The molecule has 0 spiro atoms. The third-order valence-electron chi connectivity index (χ3n) is 2.59. The van der Waals surface area contributed by atoms with E-state index in [0.29, 0.717) is 18.6 Å². The summed E-state index contributed by atoms with van der Waals surface area (Å²) >= 11 is 3.12. The van der Waals surface area contributed by atoms with Crippen LogP contribution in [0.25, 0.3) is 0 Å². The van der Waals surface area contributed by atoms with Crippen molar-refractivity contribution in [1.82, 2.24) is 9.97 Å². The van der Waals surface area contributed by atoms with E-state index in [1.165, 1.54) is 11.8 Å². The number of nitrogens with zero attached hydrogens (tertiary/aromatic N) is 2. The van der Waals surface area contributed by atoms with Crippen molar-refractivity contribution in [2.24, 2.45) is 0 Å². The highest BCUT2D eigenvalue weighted by Crippen LogP contribution is 2.14. The SMILES string of the molecule is CSc1ccc(C(=O)OCCc2scnc2C)cn1. The number of carbonyl (C=O) groups excluding carboxylic acids is 1. The lowest BCUT2D eigenvalue weighted by molar-refractivity contribution is 0.0509. The number of thiazole rings is 1. The number of esters is 1. The molecule has 0 saturated heterocycles. The van der Waals surface area contributed by atoms with E-state index in [-0.39, 0.29) is 5.97 Å². The summed E-state index contributed by atoms with van der Waals surface area (Å²) in [5, 5.41) is 0.886. The third-order valence-corrected chi connectivity index (χ3v) is 4.24. The van der Waals surface area contributed by atoms with Gasteiger partial charge in [0.1, 0.15) is 0 Å². The van der Waals surface area contributed by atoms with Gasteiger partial charge in [0.2, 0.25) is 0 Å². The van der Waals surface area contributed by atoms with Gasteiger partial charge in [-0.1, -0.05) is 0 Å². The van der Waals surface area contributed by atoms with Crippen LogP contribution in [-0.2, 0) is 11.2 Å². The quantitative estimate of drug-likeness (QED) is 0.627. The maximum atomic E-state index is 11.8. The zero-order valence-electron chi connectivity index (χ0n) is 10.8. The molecule has 0 bridgehead atoms. The highest BCUT2D eigenvalue weighted by atomic mass is 32.2. The summed E-state index contributed by atoms with van der Waals surface area (Å²) in [6.45, 7) is 2.32. The second-order valence-corrected chi connectivity index (χ2v) is 5.60. The normalized spacial score (nSPS) is 10.4. The lowest BCUT2D eigenvalue weighted by atomic mass is 10.3. The van der Waals surface area contributed by atoms with Crippen molar-refractivity contribution in [3.05, 3.63) is 40.0 Å². The molecule has 0 N–H and O–H groups in total. The van der Waals surface area contributed by atoms with E-state index < -0.39 is 0 Å². The second-order valence-electron chi connectivity index (χ2n) is 3.84. The summed E-state index contributed by atoms with van der Waals surface area (Å²) in [6.07, 6.45) is 4.20. The van der Waals surface area contributed by atoms with E-state index in [2.05, 4.69) is 9.97 Å². The van der Waals surface area contributed by atoms with Gasteiger partial charge in [-0.3, -0.25) is 0 Å². The molecule has 2 rings (SSSR count). The number of thioether (sulfide) groups is 1. The molecule has 0 aromatic carbocycles. The Hall–Kier alpha value is -1.40. The Bertz CT molecular complexity index is 552. The minimum Gasteiger partial charge on any atom is -0.462 e. The molecule has 0 amide bonds. The largest absolute Gasteiger partial charge is 0.462 e. The molecule has 0 saturated carbocycles. The van der Waals surface area contributed by atoms with Gasteiger partial charge in [0.05, 0.1) is 28.4 Å². The van der Waals surface area contributed by atoms with E-state index in [0.717, 1.165) is 15.6 Å². The van der Waals surface area contributed by atoms with Crippen molar-refractivity contribution < 1.29 is 9.53 Å². The highest BCUT2D eigenvalue weighted by Gasteiger charge is 2.08. The Labute approximate surface area is 120 Å². The van der Waals surface area contributed by atoms with Crippen LogP contribution in [0.5, 0.6) is 0 Å². The second kappa shape index (κ2) is 6.68. The fraction of sp³-hybridized carbons (Fsp3) is 0.308. The molecule has 6 heteroatoms. The molecule has 19 heavy (non-hydrogen) atoms. The highest BCUT2D eigenvalue weighted by molar-refractivity contribution is 7.98. The van der Waals surface area contributed by atoms with Crippen molar-refractivity contribution in [3.8, 4) is 0 Å². The number of carbonyl (C=O) groups is 1. The van der Waals surface area contributed by atoms with Crippen molar-refractivity contribution in [1.29, 1.82) is 0 Å². The maximum Gasteiger partial charge on any atom is 0.339 e. The molecule has 100 valence electrons. The summed E-state index contributed by atoms with van der Waals surface area (Å²) in [4.78, 5) is 21.2. The lowest BCUT2D eigenvalue weighted by Gasteiger charge is -2.04. The fourth-order valence-corrected chi connectivity index (χ4v) is 2.63. The van der Waals surface area contributed by atoms with Crippen LogP contribution in [0, 0.1) is 6.92 Å². The lowest BCUT2D eigenvalue weighted by Crippen LogP contribution is -2.08. The van der Waals surface area contributed by atoms with Gasteiger partial charge in [-0.2, -0.15) is 0 Å².